The van der Waals surface area contributed by atoms with Gasteiger partial charge in [0.15, 0.2) is 0 Å². The molecule has 2 nitrogen and oxygen atoms in total. The molecule has 0 spiro atoms. The van der Waals surface area contributed by atoms with Crippen molar-refractivity contribution in [2.24, 2.45) is 5.73 Å². The molecule has 1 rings (SSSR count). The van der Waals surface area contributed by atoms with Crippen molar-refractivity contribution in [1.82, 2.24) is 0 Å². The maximum absolute atomic E-state index is 13.6. The van der Waals surface area contributed by atoms with Crippen molar-refractivity contribution >= 4 is 0 Å². The summed E-state index contributed by atoms with van der Waals surface area (Å²) in [5.41, 5.74) is 6.48. The number of rotatable bonds is 3. The third-order valence-corrected chi connectivity index (χ3v) is 2.62. The molecule has 0 heterocycles. The van der Waals surface area contributed by atoms with E-state index in [0.29, 0.717) is 18.5 Å². The smallest absolute Gasteiger partial charge is 0.126 e. The summed E-state index contributed by atoms with van der Waals surface area (Å²) < 4.78 is 13.6. The summed E-state index contributed by atoms with van der Waals surface area (Å²) in [5.74, 6) is -0.226. The van der Waals surface area contributed by atoms with Gasteiger partial charge in [-0.15, -0.1) is 0 Å². The number of nitrogens with two attached hydrogens (primary N) is 1. The van der Waals surface area contributed by atoms with Crippen molar-refractivity contribution in [2.75, 3.05) is 6.54 Å². The lowest BCUT2D eigenvalue weighted by atomic mass is 9.85. The third kappa shape index (κ3) is 3.03. The maximum atomic E-state index is 13.6. The lowest BCUT2D eigenvalue weighted by Crippen LogP contribution is -2.15. The lowest BCUT2D eigenvalue weighted by molar-refractivity contribution is 0.170. The van der Waals surface area contributed by atoms with Crippen molar-refractivity contribution in [3.05, 3.63) is 35.1 Å². The molecule has 0 radical (unpaired) electrons. The molecule has 1 atom stereocenters. The Morgan fingerprint density at radius 2 is 2.00 bits per heavy atom. The monoisotopic (exact) mass is 225 g/mol. The van der Waals surface area contributed by atoms with Crippen LogP contribution in [0, 0.1) is 5.82 Å². The Hall–Kier alpha value is -0.930. The fraction of sp³-hybridized carbons (Fsp3) is 0.538. The minimum Gasteiger partial charge on any atom is -0.388 e. The fourth-order valence-electron chi connectivity index (χ4n) is 1.65. The highest BCUT2D eigenvalue weighted by Gasteiger charge is 2.20. The highest BCUT2D eigenvalue weighted by atomic mass is 19.1. The van der Waals surface area contributed by atoms with Crippen molar-refractivity contribution in [3.8, 4) is 0 Å². The quantitative estimate of drug-likeness (QED) is 0.830. The van der Waals surface area contributed by atoms with E-state index in [1.54, 1.807) is 12.1 Å². The third-order valence-electron chi connectivity index (χ3n) is 2.62. The summed E-state index contributed by atoms with van der Waals surface area (Å²) in [7, 11) is 0. The number of benzene rings is 1. The molecule has 0 aliphatic heterocycles. The molecule has 1 aromatic rings. The van der Waals surface area contributed by atoms with E-state index in [0.717, 1.165) is 5.56 Å². The first kappa shape index (κ1) is 13.1. The van der Waals surface area contributed by atoms with E-state index >= 15 is 0 Å². The summed E-state index contributed by atoms with van der Waals surface area (Å²) in [6, 6.07) is 4.76. The van der Waals surface area contributed by atoms with Gasteiger partial charge in [-0.3, -0.25) is 0 Å². The molecule has 0 saturated heterocycles. The average molecular weight is 225 g/mol. The van der Waals surface area contributed by atoms with Gasteiger partial charge in [0.1, 0.15) is 5.82 Å². The molecule has 3 N–H and O–H groups in total. The van der Waals surface area contributed by atoms with Gasteiger partial charge in [-0.2, -0.15) is 0 Å². The zero-order valence-electron chi connectivity index (χ0n) is 10.1. The molecule has 1 aromatic carbocycles. The van der Waals surface area contributed by atoms with E-state index in [9.17, 15) is 9.50 Å². The van der Waals surface area contributed by atoms with Gasteiger partial charge in [-0.1, -0.05) is 26.8 Å². The second-order valence-electron chi connectivity index (χ2n) is 5.08. The van der Waals surface area contributed by atoms with E-state index in [-0.39, 0.29) is 11.2 Å². The maximum Gasteiger partial charge on any atom is 0.126 e. The second kappa shape index (κ2) is 4.93. The predicted molar refractivity (Wildman–Crippen MR) is 63.7 cm³/mol. The van der Waals surface area contributed by atoms with Crippen molar-refractivity contribution < 1.29 is 9.50 Å². The van der Waals surface area contributed by atoms with E-state index in [2.05, 4.69) is 0 Å². The standard InChI is InChI=1S/C13H20FNO/c1-13(2,3)10-8-9(4-5-11(10)14)12(16)6-7-15/h4-5,8,12,16H,6-7,15H2,1-3H3/t12-/m0/s1. The molecule has 0 aliphatic carbocycles. The summed E-state index contributed by atoms with van der Waals surface area (Å²) in [6.07, 6.45) is -0.110. The zero-order valence-corrected chi connectivity index (χ0v) is 10.1. The van der Waals surface area contributed by atoms with Gasteiger partial charge < -0.3 is 10.8 Å². The van der Waals surface area contributed by atoms with Crippen LogP contribution in [-0.2, 0) is 5.41 Å². The Morgan fingerprint density at radius 1 is 1.38 bits per heavy atom. The van der Waals surface area contributed by atoms with Crippen molar-refractivity contribution in [2.45, 2.75) is 38.7 Å². The van der Waals surface area contributed by atoms with Crippen LogP contribution in [0.15, 0.2) is 18.2 Å². The van der Waals surface area contributed by atoms with Crippen LogP contribution in [0.1, 0.15) is 44.4 Å². The summed E-state index contributed by atoms with van der Waals surface area (Å²) >= 11 is 0. The van der Waals surface area contributed by atoms with Crippen LogP contribution in [0.3, 0.4) is 0 Å². The lowest BCUT2D eigenvalue weighted by Gasteiger charge is -2.21. The molecular formula is C13H20FNO. The van der Waals surface area contributed by atoms with Gasteiger partial charge in [-0.25, -0.2) is 4.39 Å². The molecule has 0 bridgehead atoms. The highest BCUT2D eigenvalue weighted by Crippen LogP contribution is 2.28. The number of aliphatic hydroxyl groups is 1. The minimum absolute atomic E-state index is 0.226. The molecular weight excluding hydrogens is 205 g/mol. The number of halogens is 1. The van der Waals surface area contributed by atoms with Gasteiger partial charge in [0.05, 0.1) is 6.10 Å². The minimum atomic E-state index is -0.605. The molecule has 3 heteroatoms. The van der Waals surface area contributed by atoms with E-state index in [1.807, 2.05) is 20.8 Å². The number of aliphatic hydroxyl groups excluding tert-OH is 1. The molecule has 0 fully saturated rings. The van der Waals surface area contributed by atoms with Gasteiger partial charge >= 0.3 is 0 Å². The van der Waals surface area contributed by atoms with E-state index in [4.69, 9.17) is 5.73 Å². The van der Waals surface area contributed by atoms with Gasteiger partial charge in [0.25, 0.3) is 0 Å². The molecule has 0 aromatic heterocycles. The molecule has 90 valence electrons. The SMILES string of the molecule is CC(C)(C)c1cc([C@@H](O)CCN)ccc1F. The number of hydrogen-bond acceptors (Lipinski definition) is 2. The number of hydrogen-bond donors (Lipinski definition) is 2. The largest absolute Gasteiger partial charge is 0.388 e. The normalized spacial score (nSPS) is 13.9. The van der Waals surface area contributed by atoms with Crippen LogP contribution in [0.2, 0.25) is 0 Å². The molecule has 0 aliphatic rings. The fourth-order valence-corrected chi connectivity index (χ4v) is 1.65. The Bertz CT molecular complexity index is 357. The molecule has 0 saturated carbocycles. The first-order valence-electron chi connectivity index (χ1n) is 5.54. The van der Waals surface area contributed by atoms with Crippen LogP contribution in [0.5, 0.6) is 0 Å². The van der Waals surface area contributed by atoms with E-state index < -0.39 is 6.10 Å². The van der Waals surface area contributed by atoms with Crippen molar-refractivity contribution in [1.29, 1.82) is 0 Å². The van der Waals surface area contributed by atoms with Gasteiger partial charge in [0, 0.05) is 0 Å². The van der Waals surface area contributed by atoms with Crippen LogP contribution >= 0.6 is 0 Å². The molecule has 0 unspecified atom stereocenters. The van der Waals surface area contributed by atoms with E-state index in [1.165, 1.54) is 6.07 Å². The Kier molecular flexibility index (Phi) is 4.05. The van der Waals surface area contributed by atoms with Crippen LogP contribution in [0.25, 0.3) is 0 Å². The zero-order chi connectivity index (χ0) is 12.3. The summed E-state index contributed by atoms with van der Waals surface area (Å²) in [5, 5.41) is 9.80. The van der Waals surface area contributed by atoms with Gasteiger partial charge in [0.2, 0.25) is 0 Å². The molecule has 16 heavy (non-hydrogen) atoms. The molecule has 0 amide bonds. The van der Waals surface area contributed by atoms with Crippen LogP contribution in [-0.4, -0.2) is 11.7 Å². The van der Waals surface area contributed by atoms with Crippen LogP contribution < -0.4 is 5.73 Å². The Balaban J connectivity index is 3.07. The predicted octanol–water partition coefficient (Wildman–Crippen LogP) is 2.51. The second-order valence-corrected chi connectivity index (χ2v) is 5.08. The Labute approximate surface area is 96.3 Å². The average Bonchev–Trinajstić information content (AvgIpc) is 2.16. The van der Waals surface area contributed by atoms with Crippen molar-refractivity contribution in [3.63, 3.8) is 0 Å². The van der Waals surface area contributed by atoms with Gasteiger partial charge in [-0.05, 0) is 41.6 Å². The highest BCUT2D eigenvalue weighted by molar-refractivity contribution is 5.31. The summed E-state index contributed by atoms with van der Waals surface area (Å²) in [6.45, 7) is 6.27. The Morgan fingerprint density at radius 3 is 2.50 bits per heavy atom. The summed E-state index contributed by atoms with van der Waals surface area (Å²) in [4.78, 5) is 0. The van der Waals surface area contributed by atoms with Crippen LogP contribution in [0.4, 0.5) is 4.39 Å². The first-order chi connectivity index (χ1) is 7.36. The first-order valence-corrected chi connectivity index (χ1v) is 5.54. The topological polar surface area (TPSA) is 46.2 Å².